The zero-order valence-electron chi connectivity index (χ0n) is 49.6. The molecule has 0 rings (SSSR count). The van der Waals surface area contributed by atoms with Gasteiger partial charge in [0, 0.05) is 12.8 Å². The molecule has 0 aromatic rings. The van der Waals surface area contributed by atoms with E-state index in [2.05, 4.69) is 172 Å². The number of nitrogens with zero attached hydrogens (tertiary/aromatic N) is 1. The number of phosphoric acid groups is 1. The molecule has 0 spiro atoms. The summed E-state index contributed by atoms with van der Waals surface area (Å²) in [5, 5.41) is 0. The lowest BCUT2D eigenvalue weighted by Gasteiger charge is -2.24. The van der Waals surface area contributed by atoms with Gasteiger partial charge in [-0.2, -0.15) is 0 Å². The van der Waals surface area contributed by atoms with Crippen LogP contribution in [-0.2, 0) is 32.7 Å². The Morgan fingerprint density at radius 1 is 0.397 bits per heavy atom. The van der Waals surface area contributed by atoms with E-state index in [1.54, 1.807) is 0 Å². The van der Waals surface area contributed by atoms with Gasteiger partial charge in [-0.3, -0.25) is 18.6 Å². The van der Waals surface area contributed by atoms with Gasteiger partial charge in [-0.25, -0.2) is 4.57 Å². The number of likely N-dealkylation sites (N-methyl/N-ethyl adjacent to an activating group) is 1. The molecule has 0 saturated heterocycles. The summed E-state index contributed by atoms with van der Waals surface area (Å²) in [6.45, 7) is 4.08. The highest BCUT2D eigenvalue weighted by Crippen LogP contribution is 2.43. The molecule has 10 heteroatoms. The third-order valence-electron chi connectivity index (χ3n) is 11.8. The molecule has 0 aliphatic rings. The number of unbranched alkanes of at least 4 members (excludes halogenated alkanes) is 10. The van der Waals surface area contributed by atoms with Gasteiger partial charge >= 0.3 is 19.8 Å². The van der Waals surface area contributed by atoms with E-state index < -0.39 is 32.5 Å². The first-order chi connectivity index (χ1) is 38.0. The Morgan fingerprint density at radius 2 is 0.718 bits per heavy atom. The molecular weight excluding hydrogens is 990 g/mol. The molecule has 9 nitrogen and oxygen atoms in total. The Labute approximate surface area is 477 Å². The molecule has 0 aliphatic heterocycles. The van der Waals surface area contributed by atoms with E-state index in [1.165, 1.54) is 38.5 Å². The lowest BCUT2D eigenvalue weighted by atomic mass is 10.0. The number of ether oxygens (including phenoxy) is 2. The summed E-state index contributed by atoms with van der Waals surface area (Å²) in [7, 11) is 1.41. The molecular formula is C68H109NO8P+. The maximum atomic E-state index is 12.8. The number of rotatable bonds is 52. The molecule has 0 aromatic heterocycles. The number of quaternary nitrogens is 1. The van der Waals surface area contributed by atoms with Crippen LogP contribution in [0.4, 0.5) is 0 Å². The van der Waals surface area contributed by atoms with E-state index in [1.807, 2.05) is 33.3 Å². The second-order valence-electron chi connectivity index (χ2n) is 20.3. The summed E-state index contributed by atoms with van der Waals surface area (Å²) >= 11 is 0. The molecule has 0 heterocycles. The van der Waals surface area contributed by atoms with Crippen molar-refractivity contribution in [1.29, 1.82) is 0 Å². The van der Waals surface area contributed by atoms with Crippen molar-refractivity contribution in [2.75, 3.05) is 47.5 Å². The fourth-order valence-corrected chi connectivity index (χ4v) is 7.97. The first-order valence-corrected chi connectivity index (χ1v) is 31.4. The third-order valence-corrected chi connectivity index (χ3v) is 12.7. The van der Waals surface area contributed by atoms with Gasteiger partial charge in [0.15, 0.2) is 6.10 Å². The average Bonchev–Trinajstić information content (AvgIpc) is 3.41. The van der Waals surface area contributed by atoms with Crippen LogP contribution in [0.3, 0.4) is 0 Å². The largest absolute Gasteiger partial charge is 0.472 e. The summed E-state index contributed by atoms with van der Waals surface area (Å²) in [6, 6.07) is 0. The number of hydrogen-bond donors (Lipinski definition) is 1. The van der Waals surface area contributed by atoms with E-state index in [4.69, 9.17) is 18.5 Å². The van der Waals surface area contributed by atoms with Crippen LogP contribution in [0.2, 0.25) is 0 Å². The SMILES string of the molecule is CC/C=C\C/C=C\C/C=C\C/C=C\C/C=C\C/C=C\C/C=C\C/C=C\CCCCCCCCCCCCC(=O)OC(COC(=O)CC/C=C\C/C=C\C/C=C\C/C=C\C/C=C\C/C=C\CC)COP(=O)(O)OCC[N+](C)(C)C. The van der Waals surface area contributed by atoms with E-state index in [9.17, 15) is 19.0 Å². The Bertz CT molecular complexity index is 1920. The maximum Gasteiger partial charge on any atom is 0.472 e. The first-order valence-electron chi connectivity index (χ1n) is 29.9. The van der Waals surface area contributed by atoms with Crippen molar-refractivity contribution in [3.05, 3.63) is 170 Å². The van der Waals surface area contributed by atoms with E-state index in [0.29, 0.717) is 23.9 Å². The highest BCUT2D eigenvalue weighted by Gasteiger charge is 2.27. The summed E-state index contributed by atoms with van der Waals surface area (Å²) < 4.78 is 34.4. The van der Waals surface area contributed by atoms with Crippen molar-refractivity contribution in [3.63, 3.8) is 0 Å². The Kier molecular flexibility index (Phi) is 53.7. The fraction of sp³-hybridized carbons (Fsp3) is 0.559. The van der Waals surface area contributed by atoms with Crippen molar-refractivity contribution in [2.24, 2.45) is 0 Å². The van der Waals surface area contributed by atoms with Gasteiger partial charge in [0.2, 0.25) is 0 Å². The zero-order valence-corrected chi connectivity index (χ0v) is 50.5. The van der Waals surface area contributed by atoms with Gasteiger partial charge < -0.3 is 18.9 Å². The van der Waals surface area contributed by atoms with Gasteiger partial charge in [0.25, 0.3) is 0 Å². The molecule has 0 aliphatic carbocycles. The van der Waals surface area contributed by atoms with Gasteiger partial charge in [-0.15, -0.1) is 0 Å². The quantitative estimate of drug-likeness (QED) is 0.0211. The molecule has 0 saturated carbocycles. The topological polar surface area (TPSA) is 108 Å². The minimum absolute atomic E-state index is 0.00984. The van der Waals surface area contributed by atoms with E-state index >= 15 is 0 Å². The summed E-state index contributed by atoms with van der Waals surface area (Å²) in [5.41, 5.74) is 0. The predicted octanol–water partition coefficient (Wildman–Crippen LogP) is 19.0. The molecule has 0 radical (unpaired) electrons. The van der Waals surface area contributed by atoms with Gasteiger partial charge in [-0.1, -0.05) is 235 Å². The molecule has 2 atom stereocenters. The highest BCUT2D eigenvalue weighted by atomic mass is 31.2. The van der Waals surface area contributed by atoms with Crippen LogP contribution in [0.5, 0.6) is 0 Å². The van der Waals surface area contributed by atoms with Crippen LogP contribution in [0.1, 0.15) is 194 Å². The van der Waals surface area contributed by atoms with Gasteiger partial charge in [0.1, 0.15) is 19.8 Å². The number of esters is 2. The molecule has 0 amide bonds. The van der Waals surface area contributed by atoms with E-state index in [-0.39, 0.29) is 26.1 Å². The molecule has 438 valence electrons. The molecule has 0 aromatic carbocycles. The molecule has 0 fully saturated rings. The van der Waals surface area contributed by atoms with Gasteiger partial charge in [0.05, 0.1) is 27.7 Å². The fourth-order valence-electron chi connectivity index (χ4n) is 7.23. The first kappa shape index (κ1) is 73.4. The average molecular weight is 1100 g/mol. The third kappa shape index (κ3) is 60.6. The summed E-state index contributed by atoms with van der Waals surface area (Å²) in [6.07, 6.45) is 87.3. The number of hydrogen-bond acceptors (Lipinski definition) is 7. The Hall–Kier alpha value is -4.63. The minimum atomic E-state index is -4.42. The smallest absolute Gasteiger partial charge is 0.462 e. The molecule has 1 N–H and O–H groups in total. The number of allylic oxidation sites excluding steroid dienone is 28. The zero-order chi connectivity index (χ0) is 57.0. The van der Waals surface area contributed by atoms with Gasteiger partial charge in [-0.05, 0) is 116 Å². The number of phosphoric ester groups is 1. The van der Waals surface area contributed by atoms with Crippen LogP contribution in [0.25, 0.3) is 0 Å². The van der Waals surface area contributed by atoms with Crippen molar-refractivity contribution in [2.45, 2.75) is 200 Å². The number of carbonyl (C=O) groups excluding carboxylic acids is 2. The van der Waals surface area contributed by atoms with E-state index in [0.717, 1.165) is 116 Å². The second-order valence-corrected chi connectivity index (χ2v) is 21.7. The predicted molar refractivity (Wildman–Crippen MR) is 334 cm³/mol. The lowest BCUT2D eigenvalue weighted by Crippen LogP contribution is -2.37. The maximum absolute atomic E-state index is 12.8. The summed E-state index contributed by atoms with van der Waals surface area (Å²) in [4.78, 5) is 35.7. The van der Waals surface area contributed by atoms with Crippen molar-refractivity contribution >= 4 is 19.8 Å². The minimum Gasteiger partial charge on any atom is -0.462 e. The van der Waals surface area contributed by atoms with Crippen molar-refractivity contribution < 1.29 is 42.1 Å². The van der Waals surface area contributed by atoms with Crippen LogP contribution < -0.4 is 0 Å². The van der Waals surface area contributed by atoms with Crippen molar-refractivity contribution in [1.82, 2.24) is 0 Å². The Balaban J connectivity index is 4.25. The lowest BCUT2D eigenvalue weighted by molar-refractivity contribution is -0.870. The summed E-state index contributed by atoms with van der Waals surface area (Å²) in [5.74, 6) is -0.915. The van der Waals surface area contributed by atoms with Crippen LogP contribution in [-0.4, -0.2) is 74.9 Å². The number of carbonyl (C=O) groups is 2. The normalized spacial score (nSPS) is 14.5. The van der Waals surface area contributed by atoms with Crippen LogP contribution >= 0.6 is 7.82 Å². The highest BCUT2D eigenvalue weighted by molar-refractivity contribution is 7.47. The molecule has 0 bridgehead atoms. The van der Waals surface area contributed by atoms with Crippen molar-refractivity contribution in [3.8, 4) is 0 Å². The second kappa shape index (κ2) is 57.1. The standard InChI is InChI=1S/C68H108NO8P/c1-6-8-10-12-14-16-18-20-22-24-26-27-28-29-30-31-32-33-34-35-36-37-38-39-40-41-43-45-47-49-51-53-55-57-59-61-68(71)77-66(65-76-78(72,73)75-63-62-69(3,4)5)64-74-67(70)60-58-56-54-52-50-48-46-44-42-25-23-21-19-17-15-13-11-9-7-2/h8-11,14-17,20-23,26-27,29-30,32-33,35-36,38-39,42,44,48,50,54,56,66H,6-7,12-13,18-19,24-25,28,31,34,37,40-41,43,45-47,49,51-53,55,57-65H2,1-5H3/p+1/b10-8-,11-9-,16-14-,17-15-,22-20-,23-21-,27-26-,30-29-,33-32-,36-35-,39-38-,44-42-,50-48-,56-54-. The van der Waals surface area contributed by atoms with Crippen LogP contribution in [0.15, 0.2) is 170 Å². The Morgan fingerprint density at radius 3 is 1.08 bits per heavy atom. The van der Waals surface area contributed by atoms with Crippen LogP contribution in [0, 0.1) is 0 Å². The molecule has 78 heavy (non-hydrogen) atoms. The molecule has 2 unspecified atom stereocenters. The monoisotopic (exact) mass is 1100 g/mol.